The largest absolute Gasteiger partial charge is 0.488 e. The lowest BCUT2D eigenvalue weighted by molar-refractivity contribution is -0.125. The first-order valence-corrected chi connectivity index (χ1v) is 5.67. The molecule has 0 heterocycles. The number of allylic oxidation sites excluding steroid dienone is 2. The van der Waals surface area contributed by atoms with Gasteiger partial charge in [-0.2, -0.15) is 0 Å². The molecule has 0 saturated carbocycles. The predicted molar refractivity (Wildman–Crippen MR) is 68.7 cm³/mol. The second kappa shape index (κ2) is 7.29. The smallest absolute Gasteiger partial charge is 0.278 e. The molecule has 0 aliphatic carbocycles. The third kappa shape index (κ3) is 3.75. The summed E-state index contributed by atoms with van der Waals surface area (Å²) >= 11 is 0. The fourth-order valence-corrected chi connectivity index (χ4v) is 1.50. The normalized spacial score (nSPS) is 12.2. The number of carbonyl (C=O) groups excluding carboxylic acids is 1. The van der Waals surface area contributed by atoms with E-state index in [1.165, 1.54) is 0 Å². The molecule has 4 heteroatoms. The highest BCUT2D eigenvalue weighted by Gasteiger charge is 2.13. The molecule has 0 radical (unpaired) electrons. The summed E-state index contributed by atoms with van der Waals surface area (Å²) in [6, 6.07) is 9.65. The van der Waals surface area contributed by atoms with Crippen LogP contribution < -0.4 is 5.48 Å². The maximum absolute atomic E-state index is 11.4. The topological polar surface area (TPSA) is 58.6 Å². The second-order valence-corrected chi connectivity index (χ2v) is 3.57. The molecule has 0 bridgehead atoms. The fourth-order valence-electron chi connectivity index (χ4n) is 1.50. The van der Waals surface area contributed by atoms with Crippen LogP contribution in [0.4, 0.5) is 0 Å². The van der Waals surface area contributed by atoms with Crippen LogP contribution in [0.2, 0.25) is 0 Å². The Hall–Kier alpha value is -2.07. The number of hydroxylamine groups is 1. The third-order valence-corrected chi connectivity index (χ3v) is 2.40. The van der Waals surface area contributed by atoms with E-state index in [9.17, 15) is 4.79 Å². The Morgan fingerprint density at radius 1 is 1.28 bits per heavy atom. The first-order valence-electron chi connectivity index (χ1n) is 5.67. The van der Waals surface area contributed by atoms with Gasteiger partial charge in [-0.05, 0) is 25.5 Å². The van der Waals surface area contributed by atoms with E-state index in [-0.39, 0.29) is 0 Å². The van der Waals surface area contributed by atoms with Crippen LogP contribution in [-0.2, 0) is 16.1 Å². The highest BCUT2D eigenvalue weighted by atomic mass is 16.5. The summed E-state index contributed by atoms with van der Waals surface area (Å²) in [5.41, 5.74) is 2.91. The molecule has 0 aromatic heterocycles. The molecule has 0 aliphatic heterocycles. The summed E-state index contributed by atoms with van der Waals surface area (Å²) < 4.78 is 5.57. The molecule has 18 heavy (non-hydrogen) atoms. The van der Waals surface area contributed by atoms with Crippen LogP contribution in [0.1, 0.15) is 19.4 Å². The SMILES string of the molecule is CC=C(OCc1ccccc1)C(=CC)C(=O)NO. The number of ether oxygens (including phenoxy) is 1. The number of carbonyl (C=O) groups is 1. The summed E-state index contributed by atoms with van der Waals surface area (Å²) in [7, 11) is 0. The maximum Gasteiger partial charge on any atom is 0.278 e. The van der Waals surface area contributed by atoms with Crippen LogP contribution in [0.15, 0.2) is 53.8 Å². The van der Waals surface area contributed by atoms with Crippen molar-refractivity contribution < 1.29 is 14.7 Å². The molecule has 2 N–H and O–H groups in total. The zero-order valence-electron chi connectivity index (χ0n) is 10.5. The Morgan fingerprint density at radius 2 is 1.94 bits per heavy atom. The average Bonchev–Trinajstić information content (AvgIpc) is 2.43. The number of nitrogens with one attached hydrogen (secondary N) is 1. The zero-order valence-corrected chi connectivity index (χ0v) is 10.5. The Morgan fingerprint density at radius 3 is 2.44 bits per heavy atom. The van der Waals surface area contributed by atoms with Crippen LogP contribution in [0.3, 0.4) is 0 Å². The average molecular weight is 247 g/mol. The molecular weight excluding hydrogens is 230 g/mol. The van der Waals surface area contributed by atoms with E-state index >= 15 is 0 Å². The zero-order chi connectivity index (χ0) is 13.4. The second-order valence-electron chi connectivity index (χ2n) is 3.57. The Kier molecular flexibility index (Phi) is 5.67. The summed E-state index contributed by atoms with van der Waals surface area (Å²) in [5, 5.41) is 8.64. The molecule has 4 nitrogen and oxygen atoms in total. The highest BCUT2D eigenvalue weighted by molar-refractivity contribution is 5.96. The molecule has 1 aromatic rings. The van der Waals surface area contributed by atoms with Crippen molar-refractivity contribution in [2.24, 2.45) is 0 Å². The monoisotopic (exact) mass is 247 g/mol. The lowest BCUT2D eigenvalue weighted by Crippen LogP contribution is -2.22. The first-order chi connectivity index (χ1) is 8.72. The van der Waals surface area contributed by atoms with Crippen molar-refractivity contribution in [3.05, 3.63) is 59.4 Å². The van der Waals surface area contributed by atoms with Crippen LogP contribution in [-0.4, -0.2) is 11.1 Å². The molecule has 0 unspecified atom stereocenters. The summed E-state index contributed by atoms with van der Waals surface area (Å²) in [5.74, 6) is -0.147. The van der Waals surface area contributed by atoms with Gasteiger partial charge in [0.25, 0.3) is 5.91 Å². The van der Waals surface area contributed by atoms with Gasteiger partial charge in [0.2, 0.25) is 0 Å². The van der Waals surface area contributed by atoms with Crippen molar-refractivity contribution in [3.8, 4) is 0 Å². The van der Waals surface area contributed by atoms with Crippen LogP contribution in [0, 0.1) is 0 Å². The molecule has 96 valence electrons. The van der Waals surface area contributed by atoms with Crippen molar-refractivity contribution in [2.75, 3.05) is 0 Å². The minimum absolute atomic E-state index is 0.302. The molecular formula is C14H17NO3. The molecule has 1 amide bonds. The molecule has 1 rings (SSSR count). The highest BCUT2D eigenvalue weighted by Crippen LogP contribution is 2.14. The fraction of sp³-hybridized carbons (Fsp3) is 0.214. The minimum Gasteiger partial charge on any atom is -0.488 e. The van der Waals surface area contributed by atoms with E-state index < -0.39 is 5.91 Å². The Bertz CT molecular complexity index is 449. The summed E-state index contributed by atoms with van der Waals surface area (Å²) in [6.07, 6.45) is 3.28. The lowest BCUT2D eigenvalue weighted by atomic mass is 10.2. The van der Waals surface area contributed by atoms with Crippen molar-refractivity contribution >= 4 is 5.91 Å². The van der Waals surface area contributed by atoms with Crippen molar-refractivity contribution in [1.29, 1.82) is 0 Å². The molecule has 0 spiro atoms. The number of benzene rings is 1. The van der Waals surface area contributed by atoms with E-state index in [1.54, 1.807) is 31.5 Å². The molecule has 0 atom stereocenters. The van der Waals surface area contributed by atoms with E-state index in [0.717, 1.165) is 5.56 Å². The van der Waals surface area contributed by atoms with Gasteiger partial charge in [-0.1, -0.05) is 36.4 Å². The van der Waals surface area contributed by atoms with Gasteiger partial charge >= 0.3 is 0 Å². The number of rotatable bonds is 5. The standard InChI is InChI=1S/C14H17NO3/c1-3-12(14(16)15-17)13(4-2)18-10-11-8-6-5-7-9-11/h3-9,17H,10H2,1-2H3,(H,15,16). The van der Waals surface area contributed by atoms with Crippen LogP contribution in [0.5, 0.6) is 0 Å². The maximum atomic E-state index is 11.4. The quantitative estimate of drug-likeness (QED) is 0.276. The third-order valence-electron chi connectivity index (χ3n) is 2.40. The van der Waals surface area contributed by atoms with E-state index in [4.69, 9.17) is 9.94 Å². The van der Waals surface area contributed by atoms with E-state index in [1.807, 2.05) is 30.3 Å². The van der Waals surface area contributed by atoms with Gasteiger partial charge < -0.3 is 4.74 Å². The van der Waals surface area contributed by atoms with Gasteiger partial charge in [-0.15, -0.1) is 0 Å². The number of hydrogen-bond donors (Lipinski definition) is 2. The van der Waals surface area contributed by atoms with Crippen LogP contribution in [0.25, 0.3) is 0 Å². The summed E-state index contributed by atoms with van der Waals surface area (Å²) in [6.45, 7) is 3.85. The van der Waals surface area contributed by atoms with Gasteiger partial charge in [0, 0.05) is 0 Å². The van der Waals surface area contributed by atoms with Gasteiger partial charge in [0.1, 0.15) is 12.4 Å². The van der Waals surface area contributed by atoms with Crippen LogP contribution >= 0.6 is 0 Å². The predicted octanol–water partition coefficient (Wildman–Crippen LogP) is 2.56. The lowest BCUT2D eigenvalue weighted by Gasteiger charge is -2.12. The van der Waals surface area contributed by atoms with Gasteiger partial charge in [0.15, 0.2) is 0 Å². The molecule has 0 aliphatic rings. The number of hydrogen-bond acceptors (Lipinski definition) is 3. The van der Waals surface area contributed by atoms with Crippen molar-refractivity contribution in [1.82, 2.24) is 5.48 Å². The molecule has 0 saturated heterocycles. The Labute approximate surface area is 107 Å². The van der Waals surface area contributed by atoms with Crippen molar-refractivity contribution in [3.63, 3.8) is 0 Å². The Balaban J connectivity index is 2.72. The molecule has 0 fully saturated rings. The van der Waals surface area contributed by atoms with Gasteiger partial charge in [-0.3, -0.25) is 10.0 Å². The summed E-state index contributed by atoms with van der Waals surface area (Å²) in [4.78, 5) is 11.4. The molecule has 1 aromatic carbocycles. The van der Waals surface area contributed by atoms with E-state index in [0.29, 0.717) is 17.9 Å². The van der Waals surface area contributed by atoms with Crippen molar-refractivity contribution in [2.45, 2.75) is 20.5 Å². The number of amides is 1. The van der Waals surface area contributed by atoms with E-state index in [2.05, 4.69) is 0 Å². The first kappa shape index (κ1) is 14.0. The van der Waals surface area contributed by atoms with Gasteiger partial charge in [0.05, 0.1) is 5.57 Å². The van der Waals surface area contributed by atoms with Gasteiger partial charge in [-0.25, -0.2) is 5.48 Å². The minimum atomic E-state index is -0.585.